The summed E-state index contributed by atoms with van der Waals surface area (Å²) in [7, 11) is 0. The van der Waals surface area contributed by atoms with Gasteiger partial charge in [-0.15, -0.1) is 0 Å². The Balaban J connectivity index is 2.25. The molecule has 1 N–H and O–H groups in total. The highest BCUT2D eigenvalue weighted by Crippen LogP contribution is 2.32. The minimum atomic E-state index is -1.04. The number of fused-ring (bicyclic) bond motifs is 1. The first-order valence-corrected chi connectivity index (χ1v) is 6.42. The summed E-state index contributed by atoms with van der Waals surface area (Å²) in [6.45, 7) is 0. The Bertz CT molecular complexity index is 906. The number of carboxylic acid groups (broad SMARTS) is 1. The largest absolute Gasteiger partial charge is 0.478 e. The van der Waals surface area contributed by atoms with E-state index in [2.05, 4.69) is 4.98 Å². The van der Waals surface area contributed by atoms with Crippen molar-refractivity contribution in [2.45, 2.75) is 0 Å². The lowest BCUT2D eigenvalue weighted by molar-refractivity contribution is -0.383. The molecule has 0 spiro atoms. The van der Waals surface area contributed by atoms with E-state index in [9.17, 15) is 14.9 Å². The summed E-state index contributed by atoms with van der Waals surface area (Å²) in [4.78, 5) is 25.8. The van der Waals surface area contributed by atoms with Crippen LogP contribution in [-0.2, 0) is 0 Å². The van der Waals surface area contributed by atoms with Crippen LogP contribution in [0.5, 0.6) is 0 Å². The van der Waals surface area contributed by atoms with E-state index in [-0.39, 0.29) is 11.3 Å². The van der Waals surface area contributed by atoms with E-state index in [0.717, 1.165) is 0 Å². The second kappa shape index (κ2) is 5.25. The fraction of sp³-hybridized carbons (Fsp3) is 0. The van der Waals surface area contributed by atoms with E-state index in [0.29, 0.717) is 21.9 Å². The van der Waals surface area contributed by atoms with Crippen molar-refractivity contribution in [3.05, 3.63) is 70.5 Å². The summed E-state index contributed by atoms with van der Waals surface area (Å²) in [5.41, 5.74) is 1.28. The van der Waals surface area contributed by atoms with Gasteiger partial charge in [-0.25, -0.2) is 4.79 Å². The maximum atomic E-state index is 11.3. The van der Waals surface area contributed by atoms with E-state index in [1.54, 1.807) is 30.5 Å². The van der Waals surface area contributed by atoms with E-state index in [1.165, 1.54) is 24.4 Å². The van der Waals surface area contributed by atoms with Crippen LogP contribution in [0.2, 0.25) is 0 Å². The zero-order valence-electron chi connectivity index (χ0n) is 11.3. The van der Waals surface area contributed by atoms with Gasteiger partial charge in [0.25, 0.3) is 5.69 Å². The predicted molar refractivity (Wildman–Crippen MR) is 80.8 cm³/mol. The lowest BCUT2D eigenvalue weighted by Gasteiger charge is -2.06. The van der Waals surface area contributed by atoms with Gasteiger partial charge in [0.1, 0.15) is 0 Å². The highest BCUT2D eigenvalue weighted by molar-refractivity contribution is 5.95. The Labute approximate surface area is 124 Å². The molecule has 22 heavy (non-hydrogen) atoms. The molecule has 0 radical (unpaired) electrons. The average Bonchev–Trinajstić information content (AvgIpc) is 2.53. The van der Waals surface area contributed by atoms with Crippen molar-refractivity contribution in [3.8, 4) is 11.1 Å². The number of carbonyl (C=O) groups is 1. The first kappa shape index (κ1) is 13.7. The molecule has 0 saturated heterocycles. The lowest BCUT2D eigenvalue weighted by atomic mass is 9.99. The van der Waals surface area contributed by atoms with Crippen molar-refractivity contribution in [3.63, 3.8) is 0 Å². The number of pyridine rings is 1. The summed E-state index contributed by atoms with van der Waals surface area (Å²) in [6.07, 6.45) is 3.05. The molecule has 1 heterocycles. The summed E-state index contributed by atoms with van der Waals surface area (Å²) >= 11 is 0. The third-order valence-electron chi connectivity index (χ3n) is 3.37. The molecule has 3 rings (SSSR count). The molecule has 0 atom stereocenters. The smallest absolute Gasteiger partial charge is 0.335 e. The number of hydrogen-bond acceptors (Lipinski definition) is 4. The number of carboxylic acids is 1. The van der Waals surface area contributed by atoms with Crippen LogP contribution in [0.25, 0.3) is 21.9 Å². The van der Waals surface area contributed by atoms with Crippen LogP contribution in [-0.4, -0.2) is 21.0 Å². The van der Waals surface area contributed by atoms with E-state index in [4.69, 9.17) is 5.11 Å². The zero-order valence-corrected chi connectivity index (χ0v) is 11.3. The van der Waals surface area contributed by atoms with Crippen LogP contribution in [0.4, 0.5) is 5.69 Å². The van der Waals surface area contributed by atoms with Crippen LogP contribution in [0.1, 0.15) is 10.4 Å². The van der Waals surface area contributed by atoms with Gasteiger partial charge in [-0.3, -0.25) is 15.1 Å². The number of aromatic nitrogens is 1. The van der Waals surface area contributed by atoms with E-state index in [1.807, 2.05) is 0 Å². The number of nitro benzene ring substituents is 1. The molecule has 108 valence electrons. The molecular formula is C16H10N2O4. The molecule has 0 amide bonds. The molecule has 3 aromatic rings. The van der Waals surface area contributed by atoms with Crippen molar-refractivity contribution in [2.75, 3.05) is 0 Å². The molecule has 0 saturated carbocycles. The highest BCUT2D eigenvalue weighted by atomic mass is 16.6. The van der Waals surface area contributed by atoms with Gasteiger partial charge >= 0.3 is 5.97 Å². The second-order valence-electron chi connectivity index (χ2n) is 4.74. The SMILES string of the molecule is O=C(O)c1cccc(-c2cc([N+](=O)[O-])c3ccncc3c2)c1. The summed E-state index contributed by atoms with van der Waals surface area (Å²) in [5.74, 6) is -1.04. The Kier molecular flexibility index (Phi) is 3.27. The molecule has 0 unspecified atom stereocenters. The van der Waals surface area contributed by atoms with Crippen molar-refractivity contribution in [2.24, 2.45) is 0 Å². The van der Waals surface area contributed by atoms with Crippen molar-refractivity contribution < 1.29 is 14.8 Å². The van der Waals surface area contributed by atoms with Gasteiger partial charge in [0.15, 0.2) is 0 Å². The molecule has 0 aliphatic heterocycles. The van der Waals surface area contributed by atoms with E-state index < -0.39 is 10.9 Å². The van der Waals surface area contributed by atoms with E-state index >= 15 is 0 Å². The highest BCUT2D eigenvalue weighted by Gasteiger charge is 2.15. The molecule has 0 aliphatic rings. The van der Waals surface area contributed by atoms with Crippen molar-refractivity contribution in [1.29, 1.82) is 0 Å². The summed E-state index contributed by atoms with van der Waals surface area (Å²) < 4.78 is 0. The number of hydrogen-bond donors (Lipinski definition) is 1. The molecule has 0 fully saturated rings. The number of rotatable bonds is 3. The number of nitrogens with zero attached hydrogens (tertiary/aromatic N) is 2. The molecular weight excluding hydrogens is 284 g/mol. The van der Waals surface area contributed by atoms with Crippen LogP contribution in [0.15, 0.2) is 54.9 Å². The topological polar surface area (TPSA) is 93.3 Å². The van der Waals surface area contributed by atoms with Gasteiger partial charge in [0.2, 0.25) is 0 Å². The fourth-order valence-electron chi connectivity index (χ4n) is 2.34. The average molecular weight is 294 g/mol. The molecule has 2 aromatic carbocycles. The maximum Gasteiger partial charge on any atom is 0.335 e. The van der Waals surface area contributed by atoms with Crippen molar-refractivity contribution >= 4 is 22.4 Å². The minimum Gasteiger partial charge on any atom is -0.478 e. The minimum absolute atomic E-state index is 0.0318. The molecule has 0 aliphatic carbocycles. The third kappa shape index (κ3) is 2.37. The summed E-state index contributed by atoms with van der Waals surface area (Å²) in [5, 5.41) is 21.4. The Morgan fingerprint density at radius 1 is 1.14 bits per heavy atom. The van der Waals surface area contributed by atoms with Crippen LogP contribution < -0.4 is 0 Å². The van der Waals surface area contributed by atoms with Gasteiger partial charge in [-0.1, -0.05) is 12.1 Å². The van der Waals surface area contributed by atoms with Gasteiger partial charge in [-0.05, 0) is 35.4 Å². The van der Waals surface area contributed by atoms with Crippen LogP contribution in [0, 0.1) is 10.1 Å². The molecule has 6 heteroatoms. The molecule has 1 aromatic heterocycles. The lowest BCUT2D eigenvalue weighted by Crippen LogP contribution is -1.96. The quantitative estimate of drug-likeness (QED) is 0.589. The van der Waals surface area contributed by atoms with Crippen LogP contribution >= 0.6 is 0 Å². The Morgan fingerprint density at radius 2 is 1.95 bits per heavy atom. The predicted octanol–water partition coefficient (Wildman–Crippen LogP) is 3.51. The van der Waals surface area contributed by atoms with Gasteiger partial charge in [0, 0.05) is 23.8 Å². The van der Waals surface area contributed by atoms with Crippen molar-refractivity contribution in [1.82, 2.24) is 4.98 Å². The third-order valence-corrected chi connectivity index (χ3v) is 3.37. The first-order chi connectivity index (χ1) is 10.6. The van der Waals surface area contributed by atoms with Crippen LogP contribution in [0.3, 0.4) is 0 Å². The fourth-order valence-corrected chi connectivity index (χ4v) is 2.34. The number of non-ortho nitro benzene ring substituents is 1. The molecule has 6 nitrogen and oxygen atoms in total. The summed E-state index contributed by atoms with van der Waals surface area (Å²) in [6, 6.07) is 11.1. The van der Waals surface area contributed by atoms with Gasteiger partial charge in [0.05, 0.1) is 15.9 Å². The number of aromatic carboxylic acids is 1. The zero-order chi connectivity index (χ0) is 15.7. The Hall–Kier alpha value is -3.28. The maximum absolute atomic E-state index is 11.3. The standard InChI is InChI=1S/C16H10N2O4/c19-16(20)11-3-1-2-10(6-11)12-7-13-9-17-5-4-14(13)15(8-12)18(21)22/h1-9H,(H,19,20). The first-order valence-electron chi connectivity index (χ1n) is 6.42. The number of benzene rings is 2. The Morgan fingerprint density at radius 3 is 2.68 bits per heavy atom. The monoisotopic (exact) mass is 294 g/mol. The van der Waals surface area contributed by atoms with Gasteiger partial charge in [-0.2, -0.15) is 0 Å². The number of nitro groups is 1. The molecule has 0 bridgehead atoms. The second-order valence-corrected chi connectivity index (χ2v) is 4.74. The normalized spacial score (nSPS) is 10.5. The van der Waals surface area contributed by atoms with Gasteiger partial charge < -0.3 is 5.11 Å².